The number of aliphatic hydroxyl groups excluding tert-OH is 1. The molecule has 1 aromatic heterocycles. The normalized spacial score (nSPS) is 12.9. The lowest BCUT2D eigenvalue weighted by atomic mass is 10.0. The minimum atomic E-state index is -0.512. The second-order valence-corrected chi connectivity index (χ2v) is 5.96. The Bertz CT molecular complexity index is 563. The van der Waals surface area contributed by atoms with Crippen LogP contribution in [0, 0.1) is 6.92 Å². The number of aromatic nitrogens is 2. The Balaban J connectivity index is 2.11. The molecular formula is C15H19BrN2O. The number of halogens is 1. The lowest BCUT2D eigenvalue weighted by Crippen LogP contribution is -2.05. The molecule has 0 saturated heterocycles. The van der Waals surface area contributed by atoms with E-state index in [1.807, 2.05) is 42.1 Å². The van der Waals surface area contributed by atoms with Gasteiger partial charge >= 0.3 is 0 Å². The van der Waals surface area contributed by atoms with Gasteiger partial charge in [-0.1, -0.05) is 28.1 Å². The number of aryl methyl sites for hydroxylation is 1. The average molecular weight is 323 g/mol. The summed E-state index contributed by atoms with van der Waals surface area (Å²) in [5, 5.41) is 14.7. The van der Waals surface area contributed by atoms with Gasteiger partial charge in [0.1, 0.15) is 0 Å². The lowest BCUT2D eigenvalue weighted by Gasteiger charge is -2.11. The second kappa shape index (κ2) is 5.88. The number of hydrogen-bond donors (Lipinski definition) is 1. The molecule has 0 amide bonds. The summed E-state index contributed by atoms with van der Waals surface area (Å²) in [4.78, 5) is 0. The number of benzene rings is 1. The Kier molecular flexibility index (Phi) is 4.42. The Labute approximate surface area is 122 Å². The number of rotatable bonds is 4. The Morgan fingerprint density at radius 1 is 1.32 bits per heavy atom. The van der Waals surface area contributed by atoms with Crippen LogP contribution in [0.5, 0.6) is 0 Å². The van der Waals surface area contributed by atoms with Gasteiger partial charge in [-0.25, -0.2) is 0 Å². The molecule has 102 valence electrons. The fraction of sp³-hybridized carbons (Fsp3) is 0.400. The summed E-state index contributed by atoms with van der Waals surface area (Å²) >= 11 is 3.47. The molecule has 1 heterocycles. The predicted molar refractivity (Wildman–Crippen MR) is 80.2 cm³/mol. The summed E-state index contributed by atoms with van der Waals surface area (Å²) in [5.74, 6) is 0. The molecule has 1 atom stereocenters. The SMILES string of the molecule is Cc1cc(C(O)Cc2ccn(C(C)C)n2)ccc1Br. The highest BCUT2D eigenvalue weighted by Gasteiger charge is 2.12. The molecule has 4 heteroatoms. The largest absolute Gasteiger partial charge is 0.388 e. The van der Waals surface area contributed by atoms with Gasteiger partial charge in [0, 0.05) is 23.1 Å². The van der Waals surface area contributed by atoms with Crippen LogP contribution in [0.3, 0.4) is 0 Å². The topological polar surface area (TPSA) is 38.0 Å². The zero-order chi connectivity index (χ0) is 14.0. The van der Waals surface area contributed by atoms with Gasteiger partial charge in [0.25, 0.3) is 0 Å². The molecule has 19 heavy (non-hydrogen) atoms. The van der Waals surface area contributed by atoms with Crippen molar-refractivity contribution in [3.05, 3.63) is 51.8 Å². The van der Waals surface area contributed by atoms with E-state index in [0.29, 0.717) is 12.5 Å². The van der Waals surface area contributed by atoms with E-state index in [9.17, 15) is 5.11 Å². The zero-order valence-corrected chi connectivity index (χ0v) is 13.1. The molecule has 0 aliphatic carbocycles. The molecule has 1 N–H and O–H groups in total. The third-order valence-corrected chi connectivity index (χ3v) is 4.05. The highest BCUT2D eigenvalue weighted by atomic mass is 79.9. The van der Waals surface area contributed by atoms with Crippen molar-refractivity contribution in [3.63, 3.8) is 0 Å². The summed E-state index contributed by atoms with van der Waals surface area (Å²) in [6.07, 6.45) is 1.99. The van der Waals surface area contributed by atoms with Crippen molar-refractivity contribution in [1.29, 1.82) is 0 Å². The highest BCUT2D eigenvalue weighted by molar-refractivity contribution is 9.10. The number of nitrogens with zero attached hydrogens (tertiary/aromatic N) is 2. The number of aliphatic hydroxyl groups is 1. The van der Waals surface area contributed by atoms with Crippen LogP contribution in [-0.2, 0) is 6.42 Å². The molecule has 1 aromatic carbocycles. The van der Waals surface area contributed by atoms with Gasteiger partial charge in [-0.05, 0) is 44.0 Å². The van der Waals surface area contributed by atoms with Crippen molar-refractivity contribution in [2.75, 3.05) is 0 Å². The maximum absolute atomic E-state index is 10.3. The Morgan fingerprint density at radius 3 is 2.63 bits per heavy atom. The maximum atomic E-state index is 10.3. The van der Waals surface area contributed by atoms with Crippen molar-refractivity contribution < 1.29 is 5.11 Å². The first-order valence-electron chi connectivity index (χ1n) is 6.45. The molecule has 0 aliphatic rings. The predicted octanol–water partition coefficient (Wildman–Crippen LogP) is 3.81. The van der Waals surface area contributed by atoms with E-state index in [4.69, 9.17) is 0 Å². The molecule has 2 aromatic rings. The van der Waals surface area contributed by atoms with Crippen molar-refractivity contribution >= 4 is 15.9 Å². The van der Waals surface area contributed by atoms with Crippen LogP contribution in [0.4, 0.5) is 0 Å². The average Bonchev–Trinajstić information content (AvgIpc) is 2.81. The molecule has 0 bridgehead atoms. The Morgan fingerprint density at radius 2 is 2.05 bits per heavy atom. The fourth-order valence-corrected chi connectivity index (χ4v) is 2.21. The van der Waals surface area contributed by atoms with Crippen molar-refractivity contribution in [1.82, 2.24) is 9.78 Å². The van der Waals surface area contributed by atoms with Crippen LogP contribution in [-0.4, -0.2) is 14.9 Å². The van der Waals surface area contributed by atoms with E-state index in [-0.39, 0.29) is 0 Å². The van der Waals surface area contributed by atoms with Crippen LogP contribution in [0.1, 0.15) is 42.8 Å². The van der Waals surface area contributed by atoms with E-state index < -0.39 is 6.10 Å². The summed E-state index contributed by atoms with van der Waals surface area (Å²) in [5.41, 5.74) is 2.98. The van der Waals surface area contributed by atoms with Gasteiger partial charge in [-0.3, -0.25) is 4.68 Å². The molecule has 0 aliphatic heterocycles. The van der Waals surface area contributed by atoms with Gasteiger partial charge < -0.3 is 5.11 Å². The lowest BCUT2D eigenvalue weighted by molar-refractivity contribution is 0.176. The summed E-state index contributed by atoms with van der Waals surface area (Å²) in [6, 6.07) is 8.24. The van der Waals surface area contributed by atoms with Crippen LogP contribution in [0.15, 0.2) is 34.9 Å². The first-order chi connectivity index (χ1) is 8.97. The smallest absolute Gasteiger partial charge is 0.0846 e. The highest BCUT2D eigenvalue weighted by Crippen LogP contribution is 2.23. The van der Waals surface area contributed by atoms with Crippen LogP contribution in [0.25, 0.3) is 0 Å². The molecule has 0 fully saturated rings. The zero-order valence-electron chi connectivity index (χ0n) is 11.5. The van der Waals surface area contributed by atoms with Crippen LogP contribution in [0.2, 0.25) is 0 Å². The minimum absolute atomic E-state index is 0.348. The first-order valence-corrected chi connectivity index (χ1v) is 7.25. The van der Waals surface area contributed by atoms with Crippen molar-refractivity contribution in [3.8, 4) is 0 Å². The van der Waals surface area contributed by atoms with Gasteiger partial charge in [-0.15, -0.1) is 0 Å². The third kappa shape index (κ3) is 3.45. The monoisotopic (exact) mass is 322 g/mol. The van der Waals surface area contributed by atoms with E-state index in [0.717, 1.165) is 21.3 Å². The molecule has 0 saturated carbocycles. The Hall–Kier alpha value is -1.13. The van der Waals surface area contributed by atoms with Crippen LogP contribution >= 0.6 is 15.9 Å². The summed E-state index contributed by atoms with van der Waals surface area (Å²) < 4.78 is 2.97. The standard InChI is InChI=1S/C15H19BrN2O/c1-10(2)18-7-6-13(17-18)9-15(19)12-4-5-14(16)11(3)8-12/h4-8,10,15,19H,9H2,1-3H3. The number of hydrogen-bond acceptors (Lipinski definition) is 2. The maximum Gasteiger partial charge on any atom is 0.0846 e. The molecule has 0 radical (unpaired) electrons. The molecule has 0 spiro atoms. The fourth-order valence-electron chi connectivity index (χ4n) is 1.96. The molecule has 1 unspecified atom stereocenters. The molecular weight excluding hydrogens is 304 g/mol. The second-order valence-electron chi connectivity index (χ2n) is 5.11. The van der Waals surface area contributed by atoms with Crippen molar-refractivity contribution in [2.45, 2.75) is 39.3 Å². The molecule has 3 nitrogen and oxygen atoms in total. The molecule has 2 rings (SSSR count). The summed E-state index contributed by atoms with van der Waals surface area (Å²) in [7, 11) is 0. The minimum Gasteiger partial charge on any atom is -0.388 e. The summed E-state index contributed by atoms with van der Waals surface area (Å²) in [6.45, 7) is 6.20. The van der Waals surface area contributed by atoms with E-state index in [1.54, 1.807) is 0 Å². The third-order valence-electron chi connectivity index (χ3n) is 3.16. The quantitative estimate of drug-likeness (QED) is 0.929. The van der Waals surface area contributed by atoms with Gasteiger partial charge in [0.05, 0.1) is 11.8 Å². The van der Waals surface area contributed by atoms with E-state index in [1.165, 1.54) is 0 Å². The van der Waals surface area contributed by atoms with Crippen molar-refractivity contribution in [2.24, 2.45) is 0 Å². The first kappa shape index (κ1) is 14.3. The van der Waals surface area contributed by atoms with Crippen LogP contribution < -0.4 is 0 Å². The van der Waals surface area contributed by atoms with E-state index in [2.05, 4.69) is 34.9 Å². The van der Waals surface area contributed by atoms with E-state index >= 15 is 0 Å². The van der Waals surface area contributed by atoms with Gasteiger partial charge in [0.2, 0.25) is 0 Å². The van der Waals surface area contributed by atoms with Gasteiger partial charge in [0.15, 0.2) is 0 Å². The van der Waals surface area contributed by atoms with Gasteiger partial charge in [-0.2, -0.15) is 5.10 Å².